The molecule has 1 aromatic rings. The maximum absolute atomic E-state index is 3.84. The molecule has 2 aliphatic carbocycles. The summed E-state index contributed by atoms with van der Waals surface area (Å²) in [6, 6.07) is 3.19. The molecule has 21 heavy (non-hydrogen) atoms. The Morgan fingerprint density at radius 3 is 2.67 bits per heavy atom. The van der Waals surface area contributed by atoms with Crippen LogP contribution in [-0.4, -0.2) is 12.6 Å². The largest absolute Gasteiger partial charge is 0.313 e. The summed E-state index contributed by atoms with van der Waals surface area (Å²) in [6.07, 6.45) is 14.2. The van der Waals surface area contributed by atoms with Gasteiger partial charge in [-0.1, -0.05) is 26.2 Å². The molecule has 118 valence electrons. The topological polar surface area (TPSA) is 12.0 Å². The highest BCUT2D eigenvalue weighted by Gasteiger charge is 2.36. The Morgan fingerprint density at radius 1 is 1.24 bits per heavy atom. The predicted octanol–water partition coefficient (Wildman–Crippen LogP) is 5.41. The van der Waals surface area contributed by atoms with E-state index in [9.17, 15) is 0 Å². The van der Waals surface area contributed by atoms with Crippen molar-refractivity contribution >= 4 is 11.3 Å². The van der Waals surface area contributed by atoms with Crippen LogP contribution in [0, 0.1) is 11.3 Å². The average Bonchev–Trinajstić information content (AvgIpc) is 3.21. The molecule has 0 atom stereocenters. The minimum absolute atomic E-state index is 0.548. The molecule has 0 radical (unpaired) electrons. The molecule has 1 heterocycles. The summed E-state index contributed by atoms with van der Waals surface area (Å²) in [5.74, 6) is 1.02. The van der Waals surface area contributed by atoms with Gasteiger partial charge in [0.15, 0.2) is 0 Å². The van der Waals surface area contributed by atoms with Gasteiger partial charge in [-0.2, -0.15) is 11.3 Å². The summed E-state index contributed by atoms with van der Waals surface area (Å²) < 4.78 is 0. The fourth-order valence-electron chi connectivity index (χ4n) is 3.96. The molecule has 2 saturated carbocycles. The zero-order valence-electron chi connectivity index (χ0n) is 13.6. The van der Waals surface area contributed by atoms with E-state index in [0.29, 0.717) is 5.41 Å². The second kappa shape index (κ2) is 7.28. The van der Waals surface area contributed by atoms with Gasteiger partial charge in [0, 0.05) is 12.6 Å². The van der Waals surface area contributed by atoms with Gasteiger partial charge in [-0.3, -0.25) is 0 Å². The van der Waals surface area contributed by atoms with Crippen molar-refractivity contribution in [3.63, 3.8) is 0 Å². The van der Waals surface area contributed by atoms with E-state index in [1.54, 1.807) is 5.56 Å². The maximum atomic E-state index is 3.84. The second-order valence-electron chi connectivity index (χ2n) is 7.55. The Kier molecular flexibility index (Phi) is 5.39. The van der Waals surface area contributed by atoms with Gasteiger partial charge in [-0.05, 0) is 78.7 Å². The average molecular weight is 306 g/mol. The number of unbranched alkanes of at least 4 members (excludes halogenated alkanes) is 1. The number of hydrogen-bond acceptors (Lipinski definition) is 2. The van der Waals surface area contributed by atoms with E-state index >= 15 is 0 Å². The summed E-state index contributed by atoms with van der Waals surface area (Å²) in [4.78, 5) is 0. The molecule has 0 aliphatic heterocycles. The minimum Gasteiger partial charge on any atom is -0.313 e. The van der Waals surface area contributed by atoms with Crippen molar-refractivity contribution in [2.24, 2.45) is 11.3 Å². The van der Waals surface area contributed by atoms with Gasteiger partial charge < -0.3 is 5.32 Å². The fraction of sp³-hybridized carbons (Fsp3) is 0.789. The quantitative estimate of drug-likeness (QED) is 0.677. The van der Waals surface area contributed by atoms with E-state index in [-0.39, 0.29) is 0 Å². The SMILES string of the molecule is CCCCC1CCC(CNC2CC2)(Cc2ccsc2)CC1. The molecule has 1 nitrogen and oxygen atoms in total. The lowest BCUT2D eigenvalue weighted by Crippen LogP contribution is -2.40. The van der Waals surface area contributed by atoms with Crippen molar-refractivity contribution in [2.75, 3.05) is 6.54 Å². The van der Waals surface area contributed by atoms with Crippen LogP contribution < -0.4 is 5.32 Å². The van der Waals surface area contributed by atoms with Gasteiger partial charge in [-0.15, -0.1) is 0 Å². The summed E-state index contributed by atoms with van der Waals surface area (Å²) in [7, 11) is 0. The highest BCUT2D eigenvalue weighted by atomic mass is 32.1. The van der Waals surface area contributed by atoms with Gasteiger partial charge in [-0.25, -0.2) is 0 Å². The molecule has 0 spiro atoms. The summed E-state index contributed by atoms with van der Waals surface area (Å²) in [5.41, 5.74) is 2.12. The smallest absolute Gasteiger partial charge is 0.00684 e. The van der Waals surface area contributed by atoms with E-state index in [2.05, 4.69) is 29.1 Å². The Hall–Kier alpha value is -0.340. The number of rotatable bonds is 8. The molecule has 0 saturated heterocycles. The van der Waals surface area contributed by atoms with Crippen LogP contribution in [0.3, 0.4) is 0 Å². The van der Waals surface area contributed by atoms with Crippen LogP contribution in [0.1, 0.15) is 70.3 Å². The van der Waals surface area contributed by atoms with Crippen molar-refractivity contribution in [1.29, 1.82) is 0 Å². The molecule has 2 fully saturated rings. The first kappa shape index (κ1) is 15.6. The highest BCUT2D eigenvalue weighted by Crippen LogP contribution is 2.43. The molecule has 3 rings (SSSR count). The van der Waals surface area contributed by atoms with Gasteiger partial charge in [0.25, 0.3) is 0 Å². The van der Waals surface area contributed by atoms with Crippen LogP contribution in [0.4, 0.5) is 0 Å². The zero-order valence-corrected chi connectivity index (χ0v) is 14.4. The van der Waals surface area contributed by atoms with Crippen molar-refractivity contribution < 1.29 is 0 Å². The molecular formula is C19H31NS. The summed E-state index contributed by atoms with van der Waals surface area (Å²) in [5, 5.41) is 8.44. The second-order valence-corrected chi connectivity index (χ2v) is 8.33. The standard InChI is InChI=1S/C19H31NS/c1-2-3-4-16-7-10-19(11-8-16,15-20-18-5-6-18)13-17-9-12-21-14-17/h9,12,14,16,18,20H,2-8,10-11,13,15H2,1H3. The van der Waals surface area contributed by atoms with E-state index in [1.165, 1.54) is 70.8 Å². The lowest BCUT2D eigenvalue weighted by Gasteiger charge is -2.41. The fourth-order valence-corrected chi connectivity index (χ4v) is 4.63. The molecule has 1 aromatic heterocycles. The minimum atomic E-state index is 0.548. The van der Waals surface area contributed by atoms with Crippen molar-refractivity contribution in [2.45, 2.75) is 77.2 Å². The van der Waals surface area contributed by atoms with Crippen LogP contribution in [0.15, 0.2) is 16.8 Å². The number of nitrogens with one attached hydrogen (secondary N) is 1. The Morgan fingerprint density at radius 2 is 2.05 bits per heavy atom. The third kappa shape index (κ3) is 4.56. The molecule has 0 unspecified atom stereocenters. The van der Waals surface area contributed by atoms with Crippen LogP contribution in [0.2, 0.25) is 0 Å². The first-order valence-corrected chi connectivity index (χ1v) is 9.98. The monoisotopic (exact) mass is 305 g/mol. The third-order valence-electron chi connectivity index (χ3n) is 5.63. The summed E-state index contributed by atoms with van der Waals surface area (Å²) >= 11 is 1.85. The molecular weight excluding hydrogens is 274 g/mol. The Bertz CT molecular complexity index is 399. The van der Waals surface area contributed by atoms with E-state index in [4.69, 9.17) is 0 Å². The van der Waals surface area contributed by atoms with E-state index < -0.39 is 0 Å². The van der Waals surface area contributed by atoms with Crippen LogP contribution >= 0.6 is 11.3 Å². The maximum Gasteiger partial charge on any atom is 0.00684 e. The van der Waals surface area contributed by atoms with Crippen LogP contribution in [0.5, 0.6) is 0 Å². The lowest BCUT2D eigenvalue weighted by atomic mass is 9.67. The van der Waals surface area contributed by atoms with Crippen molar-refractivity contribution in [3.05, 3.63) is 22.4 Å². The predicted molar refractivity (Wildman–Crippen MR) is 93.0 cm³/mol. The summed E-state index contributed by atoms with van der Waals surface area (Å²) in [6.45, 7) is 3.58. The van der Waals surface area contributed by atoms with Crippen molar-refractivity contribution in [1.82, 2.24) is 5.32 Å². The van der Waals surface area contributed by atoms with Gasteiger partial charge in [0.1, 0.15) is 0 Å². The third-order valence-corrected chi connectivity index (χ3v) is 6.37. The molecule has 0 aromatic carbocycles. The molecule has 2 heteroatoms. The molecule has 0 bridgehead atoms. The van der Waals surface area contributed by atoms with Gasteiger partial charge in [0.05, 0.1) is 0 Å². The van der Waals surface area contributed by atoms with Gasteiger partial charge >= 0.3 is 0 Å². The highest BCUT2D eigenvalue weighted by molar-refractivity contribution is 7.07. The van der Waals surface area contributed by atoms with Crippen LogP contribution in [0.25, 0.3) is 0 Å². The zero-order chi connectivity index (χ0) is 14.5. The van der Waals surface area contributed by atoms with E-state index in [0.717, 1.165) is 12.0 Å². The van der Waals surface area contributed by atoms with Crippen molar-refractivity contribution in [3.8, 4) is 0 Å². The lowest BCUT2D eigenvalue weighted by molar-refractivity contribution is 0.138. The van der Waals surface area contributed by atoms with Gasteiger partial charge in [0.2, 0.25) is 0 Å². The first-order valence-electron chi connectivity index (χ1n) is 9.04. The van der Waals surface area contributed by atoms with E-state index in [1.807, 2.05) is 11.3 Å². The Labute approximate surface area is 134 Å². The first-order chi connectivity index (χ1) is 10.3. The Balaban J connectivity index is 1.57. The normalized spacial score (nSPS) is 29.7. The molecule has 0 amide bonds. The molecule has 2 aliphatic rings. The number of thiophene rings is 1. The number of hydrogen-bond donors (Lipinski definition) is 1. The van der Waals surface area contributed by atoms with Crippen LogP contribution in [-0.2, 0) is 6.42 Å². The molecule has 1 N–H and O–H groups in total.